The van der Waals surface area contributed by atoms with Crippen molar-refractivity contribution >= 4 is 10.9 Å². The normalized spacial score (nSPS) is 10.0. The van der Waals surface area contributed by atoms with E-state index in [1.165, 1.54) is 0 Å². The standard InChI is InChI=1S/C15H11NO.Li/c17-15-8-4-2-6-12(15)14-10-9-11-5-1-3-7-13(11)16-14;/h1-10,17H;/q;+1/p-1. The van der Waals surface area contributed by atoms with Crippen molar-refractivity contribution in [3.05, 3.63) is 60.7 Å². The molecule has 18 heavy (non-hydrogen) atoms. The van der Waals surface area contributed by atoms with E-state index >= 15 is 0 Å². The predicted molar refractivity (Wildman–Crippen MR) is 66.6 cm³/mol. The molecule has 0 aliphatic heterocycles. The largest absolute Gasteiger partial charge is 1.00 e. The van der Waals surface area contributed by atoms with Gasteiger partial charge in [0.15, 0.2) is 0 Å². The molecule has 2 aromatic carbocycles. The van der Waals surface area contributed by atoms with Crippen molar-refractivity contribution in [2.45, 2.75) is 0 Å². The Bertz CT molecular complexity index is 682. The molecule has 0 aliphatic rings. The number of nitrogens with zero attached hydrogens (tertiary/aromatic N) is 1. The number of aromatic nitrogens is 1. The first-order valence-electron chi connectivity index (χ1n) is 5.47. The van der Waals surface area contributed by atoms with Crippen LogP contribution in [0.3, 0.4) is 0 Å². The molecule has 0 aliphatic carbocycles. The monoisotopic (exact) mass is 227 g/mol. The SMILES string of the molecule is [Li+].[O-]c1ccccc1-c1ccc2ccccc2n1. The fourth-order valence-corrected chi connectivity index (χ4v) is 1.89. The molecule has 0 bridgehead atoms. The van der Waals surface area contributed by atoms with E-state index in [0.29, 0.717) is 5.56 Å². The summed E-state index contributed by atoms with van der Waals surface area (Å²) in [4.78, 5) is 4.51. The summed E-state index contributed by atoms with van der Waals surface area (Å²) in [6.07, 6.45) is 0. The van der Waals surface area contributed by atoms with Crippen LogP contribution in [0, 0.1) is 0 Å². The second-order valence-corrected chi connectivity index (χ2v) is 3.89. The maximum atomic E-state index is 11.7. The minimum atomic E-state index is 0. The van der Waals surface area contributed by atoms with E-state index in [4.69, 9.17) is 0 Å². The molecule has 0 saturated heterocycles. The molecule has 3 aromatic rings. The van der Waals surface area contributed by atoms with Crippen LogP contribution in [0.1, 0.15) is 0 Å². The third kappa shape index (κ3) is 2.26. The molecule has 0 fully saturated rings. The Morgan fingerprint density at radius 3 is 2.33 bits per heavy atom. The molecular weight excluding hydrogens is 217 g/mol. The second-order valence-electron chi connectivity index (χ2n) is 3.89. The van der Waals surface area contributed by atoms with Gasteiger partial charge in [-0.15, -0.1) is 0 Å². The molecule has 3 rings (SSSR count). The van der Waals surface area contributed by atoms with Crippen molar-refractivity contribution in [3.63, 3.8) is 0 Å². The van der Waals surface area contributed by atoms with Crippen molar-refractivity contribution in [1.82, 2.24) is 4.98 Å². The fourth-order valence-electron chi connectivity index (χ4n) is 1.89. The molecule has 2 nitrogen and oxygen atoms in total. The van der Waals surface area contributed by atoms with Crippen molar-refractivity contribution < 1.29 is 24.0 Å². The van der Waals surface area contributed by atoms with Crippen molar-refractivity contribution in [3.8, 4) is 17.0 Å². The van der Waals surface area contributed by atoms with E-state index in [9.17, 15) is 5.11 Å². The average Bonchev–Trinajstić information content (AvgIpc) is 2.39. The molecule has 0 saturated carbocycles. The number of rotatable bonds is 1. The summed E-state index contributed by atoms with van der Waals surface area (Å²) < 4.78 is 0. The summed E-state index contributed by atoms with van der Waals surface area (Å²) in [7, 11) is 0. The summed E-state index contributed by atoms with van der Waals surface area (Å²) in [5, 5.41) is 12.8. The smallest absolute Gasteiger partial charge is 0.872 e. The van der Waals surface area contributed by atoms with Crippen molar-refractivity contribution in [2.75, 3.05) is 0 Å². The van der Waals surface area contributed by atoms with E-state index in [2.05, 4.69) is 4.98 Å². The van der Waals surface area contributed by atoms with Gasteiger partial charge in [-0.2, -0.15) is 0 Å². The maximum absolute atomic E-state index is 11.7. The Balaban J connectivity index is 0.00000120. The minimum absolute atomic E-state index is 0. The average molecular weight is 227 g/mol. The van der Waals surface area contributed by atoms with Gasteiger partial charge in [-0.05, 0) is 17.7 Å². The van der Waals surface area contributed by atoms with Gasteiger partial charge in [0.25, 0.3) is 0 Å². The Hall–Kier alpha value is -1.75. The molecule has 0 unspecified atom stereocenters. The number of pyridine rings is 1. The van der Waals surface area contributed by atoms with Crippen LogP contribution in [0.2, 0.25) is 0 Å². The van der Waals surface area contributed by atoms with Gasteiger partial charge in [0.05, 0.1) is 11.2 Å². The predicted octanol–water partition coefficient (Wildman–Crippen LogP) is -0.0206. The van der Waals surface area contributed by atoms with Crippen LogP contribution < -0.4 is 24.0 Å². The molecule has 0 radical (unpaired) electrons. The van der Waals surface area contributed by atoms with Crippen LogP contribution in [0.4, 0.5) is 0 Å². The zero-order valence-corrected chi connectivity index (χ0v) is 10.1. The van der Waals surface area contributed by atoms with Crippen LogP contribution in [-0.4, -0.2) is 4.98 Å². The van der Waals surface area contributed by atoms with Gasteiger partial charge in [0.2, 0.25) is 0 Å². The summed E-state index contributed by atoms with van der Waals surface area (Å²) in [5.74, 6) is 0.00952. The Labute approximate surface area is 117 Å². The quantitative estimate of drug-likeness (QED) is 0.548. The van der Waals surface area contributed by atoms with Gasteiger partial charge in [-0.25, -0.2) is 4.98 Å². The van der Waals surface area contributed by atoms with Crippen LogP contribution in [0.5, 0.6) is 5.75 Å². The third-order valence-corrected chi connectivity index (χ3v) is 2.76. The topological polar surface area (TPSA) is 36.0 Å². The molecule has 0 N–H and O–H groups in total. The van der Waals surface area contributed by atoms with Crippen molar-refractivity contribution in [1.29, 1.82) is 0 Å². The number of benzene rings is 2. The zero-order chi connectivity index (χ0) is 11.7. The van der Waals surface area contributed by atoms with E-state index in [-0.39, 0.29) is 24.6 Å². The fraction of sp³-hybridized carbons (Fsp3) is 0. The number of fused-ring (bicyclic) bond motifs is 1. The number of para-hydroxylation sites is 2. The van der Waals surface area contributed by atoms with Gasteiger partial charge < -0.3 is 5.11 Å². The first kappa shape index (κ1) is 12.7. The van der Waals surface area contributed by atoms with Crippen LogP contribution in [0.15, 0.2) is 60.7 Å². The van der Waals surface area contributed by atoms with Crippen molar-refractivity contribution in [2.24, 2.45) is 0 Å². The molecule has 0 amide bonds. The summed E-state index contributed by atoms with van der Waals surface area (Å²) in [6, 6.07) is 18.7. The van der Waals surface area contributed by atoms with Gasteiger partial charge in [-0.3, -0.25) is 0 Å². The zero-order valence-electron chi connectivity index (χ0n) is 10.1. The Morgan fingerprint density at radius 1 is 0.778 bits per heavy atom. The molecule has 3 heteroatoms. The summed E-state index contributed by atoms with van der Waals surface area (Å²) >= 11 is 0. The number of hydrogen-bond acceptors (Lipinski definition) is 2. The van der Waals surface area contributed by atoms with Gasteiger partial charge >= 0.3 is 18.9 Å². The van der Waals surface area contributed by atoms with Crippen LogP contribution in [-0.2, 0) is 0 Å². The van der Waals surface area contributed by atoms with E-state index in [1.54, 1.807) is 18.2 Å². The summed E-state index contributed by atoms with van der Waals surface area (Å²) in [6.45, 7) is 0. The van der Waals surface area contributed by atoms with Gasteiger partial charge in [-0.1, -0.05) is 54.3 Å². The van der Waals surface area contributed by atoms with Crippen LogP contribution >= 0.6 is 0 Å². The maximum Gasteiger partial charge on any atom is 1.00 e. The molecule has 0 spiro atoms. The Morgan fingerprint density at radius 2 is 1.50 bits per heavy atom. The van der Waals surface area contributed by atoms with Gasteiger partial charge in [0, 0.05) is 5.39 Å². The molecule has 0 atom stereocenters. The van der Waals surface area contributed by atoms with Crippen LogP contribution in [0.25, 0.3) is 22.2 Å². The van der Waals surface area contributed by atoms with Gasteiger partial charge in [0.1, 0.15) is 0 Å². The summed E-state index contributed by atoms with van der Waals surface area (Å²) in [5.41, 5.74) is 2.29. The van der Waals surface area contributed by atoms with E-state index in [0.717, 1.165) is 16.6 Å². The van der Waals surface area contributed by atoms with E-state index in [1.807, 2.05) is 42.5 Å². The van der Waals surface area contributed by atoms with E-state index < -0.39 is 0 Å². The Kier molecular flexibility index (Phi) is 3.71. The molecule has 1 aromatic heterocycles. The molecule has 82 valence electrons. The number of hydrogen-bond donors (Lipinski definition) is 0. The molecule has 1 heterocycles. The second kappa shape index (κ2) is 5.26. The third-order valence-electron chi connectivity index (χ3n) is 2.76. The minimum Gasteiger partial charge on any atom is -0.872 e. The molecular formula is C15H10LiNO. The first-order chi connectivity index (χ1) is 8.34. The first-order valence-corrected chi connectivity index (χ1v) is 5.47.